The zero-order valence-corrected chi connectivity index (χ0v) is 11.4. The normalized spacial score (nSPS) is 10.4. The fourth-order valence-corrected chi connectivity index (χ4v) is 2.64. The molecule has 6 heteroatoms. The minimum Gasteiger partial charge on any atom is -0.384 e. The van der Waals surface area contributed by atoms with E-state index in [0.717, 1.165) is 16.0 Å². The first-order chi connectivity index (χ1) is 8.97. The molecule has 0 spiro atoms. The van der Waals surface area contributed by atoms with Gasteiger partial charge in [-0.15, -0.1) is 0 Å². The van der Waals surface area contributed by atoms with E-state index in [2.05, 4.69) is 4.98 Å². The van der Waals surface area contributed by atoms with Crippen molar-refractivity contribution in [3.05, 3.63) is 51.6 Å². The van der Waals surface area contributed by atoms with E-state index < -0.39 is 4.92 Å². The van der Waals surface area contributed by atoms with Crippen molar-refractivity contribution in [2.24, 2.45) is 0 Å². The molecule has 0 aliphatic heterocycles. The maximum absolute atomic E-state index is 11.0. The SMILES string of the molecule is Cc1ccc(Sc2nc(N)ccc2[N+](=O)[O-])c(C)c1. The van der Waals surface area contributed by atoms with Crippen molar-refractivity contribution in [3.63, 3.8) is 0 Å². The van der Waals surface area contributed by atoms with Crippen LogP contribution in [-0.2, 0) is 0 Å². The number of rotatable bonds is 3. The third kappa shape index (κ3) is 3.03. The summed E-state index contributed by atoms with van der Waals surface area (Å²) in [4.78, 5) is 15.5. The van der Waals surface area contributed by atoms with Gasteiger partial charge in [0, 0.05) is 11.0 Å². The predicted octanol–water partition coefficient (Wildman–Crippen LogP) is 3.34. The molecule has 0 bridgehead atoms. The molecule has 5 nitrogen and oxygen atoms in total. The third-order valence-corrected chi connectivity index (χ3v) is 3.77. The summed E-state index contributed by atoms with van der Waals surface area (Å²) in [7, 11) is 0. The number of hydrogen-bond acceptors (Lipinski definition) is 5. The standard InChI is InChI=1S/C13H13N3O2S/c1-8-3-5-11(9(2)7-8)19-13-10(16(17)18)4-6-12(14)15-13/h3-7H,1-2H3,(H2,14,15). The highest BCUT2D eigenvalue weighted by molar-refractivity contribution is 7.99. The Labute approximate surface area is 115 Å². The molecule has 0 saturated carbocycles. The van der Waals surface area contributed by atoms with Crippen LogP contribution in [-0.4, -0.2) is 9.91 Å². The maximum atomic E-state index is 11.0. The van der Waals surface area contributed by atoms with Gasteiger partial charge in [-0.05, 0) is 31.5 Å². The summed E-state index contributed by atoms with van der Waals surface area (Å²) in [5.74, 6) is 0.276. The lowest BCUT2D eigenvalue weighted by Crippen LogP contribution is -1.97. The second-order valence-electron chi connectivity index (χ2n) is 4.19. The largest absolute Gasteiger partial charge is 0.384 e. The third-order valence-electron chi connectivity index (χ3n) is 2.60. The number of aryl methyl sites for hydroxylation is 2. The van der Waals surface area contributed by atoms with Gasteiger partial charge in [-0.25, -0.2) is 4.98 Å². The minimum absolute atomic E-state index is 0.0285. The molecule has 2 aromatic rings. The van der Waals surface area contributed by atoms with Crippen molar-refractivity contribution in [2.75, 3.05) is 5.73 Å². The summed E-state index contributed by atoms with van der Waals surface area (Å²) in [6.07, 6.45) is 0. The van der Waals surface area contributed by atoms with Gasteiger partial charge in [0.1, 0.15) is 5.82 Å². The summed E-state index contributed by atoms with van der Waals surface area (Å²) >= 11 is 1.26. The Balaban J connectivity index is 2.42. The fraction of sp³-hybridized carbons (Fsp3) is 0.154. The van der Waals surface area contributed by atoms with Gasteiger partial charge in [0.15, 0.2) is 5.03 Å². The van der Waals surface area contributed by atoms with Gasteiger partial charge < -0.3 is 5.73 Å². The van der Waals surface area contributed by atoms with Gasteiger partial charge in [0.2, 0.25) is 0 Å². The van der Waals surface area contributed by atoms with Crippen LogP contribution >= 0.6 is 11.8 Å². The summed E-state index contributed by atoms with van der Waals surface area (Å²) in [5.41, 5.74) is 7.78. The molecule has 0 radical (unpaired) electrons. The van der Waals surface area contributed by atoms with E-state index in [1.807, 2.05) is 32.0 Å². The van der Waals surface area contributed by atoms with Crippen LogP contribution in [0.25, 0.3) is 0 Å². The van der Waals surface area contributed by atoms with Gasteiger partial charge in [0.25, 0.3) is 0 Å². The lowest BCUT2D eigenvalue weighted by molar-refractivity contribution is -0.388. The summed E-state index contributed by atoms with van der Waals surface area (Å²) in [6.45, 7) is 3.97. The molecular weight excluding hydrogens is 262 g/mol. The van der Waals surface area contributed by atoms with Gasteiger partial charge in [-0.2, -0.15) is 0 Å². The molecule has 0 aliphatic rings. The maximum Gasteiger partial charge on any atom is 0.301 e. The van der Waals surface area contributed by atoms with Gasteiger partial charge >= 0.3 is 5.69 Å². The van der Waals surface area contributed by atoms with Crippen molar-refractivity contribution < 1.29 is 4.92 Å². The Hall–Kier alpha value is -2.08. The van der Waals surface area contributed by atoms with Crippen LogP contribution in [0.4, 0.5) is 11.5 Å². The molecule has 2 rings (SSSR count). The first-order valence-electron chi connectivity index (χ1n) is 5.63. The van der Waals surface area contributed by atoms with Crippen molar-refractivity contribution >= 4 is 23.3 Å². The molecule has 0 saturated heterocycles. The number of aromatic nitrogens is 1. The molecule has 0 unspecified atom stereocenters. The van der Waals surface area contributed by atoms with Crippen molar-refractivity contribution in [1.82, 2.24) is 4.98 Å². The lowest BCUT2D eigenvalue weighted by atomic mass is 10.2. The van der Waals surface area contributed by atoms with Crippen LogP contribution in [0.5, 0.6) is 0 Å². The Kier molecular flexibility index (Phi) is 3.71. The Bertz CT molecular complexity index is 644. The van der Waals surface area contributed by atoms with Gasteiger partial charge in [-0.1, -0.05) is 29.5 Å². The van der Waals surface area contributed by atoms with Crippen molar-refractivity contribution in [2.45, 2.75) is 23.8 Å². The van der Waals surface area contributed by atoms with Gasteiger partial charge in [-0.3, -0.25) is 10.1 Å². The molecule has 2 N–H and O–H groups in total. The minimum atomic E-state index is -0.446. The quantitative estimate of drug-likeness (QED) is 0.686. The lowest BCUT2D eigenvalue weighted by Gasteiger charge is -2.07. The molecular formula is C13H13N3O2S. The van der Waals surface area contributed by atoms with Crippen LogP contribution in [0.2, 0.25) is 0 Å². The highest BCUT2D eigenvalue weighted by Gasteiger charge is 2.17. The Morgan fingerprint density at radius 1 is 1.26 bits per heavy atom. The summed E-state index contributed by atoms with van der Waals surface area (Å²) in [5, 5.41) is 11.3. The second-order valence-corrected chi connectivity index (χ2v) is 5.22. The van der Waals surface area contributed by atoms with E-state index in [1.54, 1.807) is 0 Å². The average Bonchev–Trinajstić information content (AvgIpc) is 2.32. The molecule has 0 aliphatic carbocycles. The fourth-order valence-electron chi connectivity index (χ4n) is 1.68. The number of nitrogens with zero attached hydrogens (tertiary/aromatic N) is 2. The van der Waals surface area contributed by atoms with Gasteiger partial charge in [0.05, 0.1) is 4.92 Å². The van der Waals surface area contributed by atoms with E-state index in [0.29, 0.717) is 5.03 Å². The molecule has 19 heavy (non-hydrogen) atoms. The van der Waals surface area contributed by atoms with Crippen LogP contribution in [0.15, 0.2) is 40.3 Å². The smallest absolute Gasteiger partial charge is 0.301 e. The monoisotopic (exact) mass is 275 g/mol. The van der Waals surface area contributed by atoms with Crippen LogP contribution in [0.3, 0.4) is 0 Å². The Morgan fingerprint density at radius 3 is 2.63 bits per heavy atom. The van der Waals surface area contributed by atoms with E-state index in [-0.39, 0.29) is 11.5 Å². The molecule has 0 fully saturated rings. The van der Waals surface area contributed by atoms with Crippen LogP contribution in [0.1, 0.15) is 11.1 Å². The highest BCUT2D eigenvalue weighted by Crippen LogP contribution is 2.35. The predicted molar refractivity (Wildman–Crippen MR) is 75.3 cm³/mol. The number of nitrogen functional groups attached to an aromatic ring is 1. The van der Waals surface area contributed by atoms with Crippen LogP contribution in [0, 0.1) is 24.0 Å². The zero-order chi connectivity index (χ0) is 14.0. The molecule has 0 atom stereocenters. The number of nitrogens with two attached hydrogens (primary N) is 1. The van der Waals surface area contributed by atoms with E-state index in [4.69, 9.17) is 5.73 Å². The number of pyridine rings is 1. The molecule has 98 valence electrons. The summed E-state index contributed by atoms with van der Waals surface area (Å²) < 4.78 is 0. The molecule has 1 aromatic carbocycles. The molecule has 0 amide bonds. The van der Waals surface area contributed by atoms with E-state index in [1.165, 1.54) is 23.9 Å². The molecule has 1 aromatic heterocycles. The number of benzene rings is 1. The van der Waals surface area contributed by atoms with E-state index >= 15 is 0 Å². The number of anilines is 1. The van der Waals surface area contributed by atoms with E-state index in [9.17, 15) is 10.1 Å². The Morgan fingerprint density at radius 2 is 2.00 bits per heavy atom. The number of hydrogen-bond donors (Lipinski definition) is 1. The van der Waals surface area contributed by atoms with Crippen molar-refractivity contribution in [1.29, 1.82) is 0 Å². The first-order valence-corrected chi connectivity index (χ1v) is 6.45. The van der Waals surface area contributed by atoms with Crippen molar-refractivity contribution in [3.8, 4) is 0 Å². The highest BCUT2D eigenvalue weighted by atomic mass is 32.2. The first kappa shape index (κ1) is 13.4. The summed E-state index contributed by atoms with van der Waals surface area (Å²) in [6, 6.07) is 8.75. The topological polar surface area (TPSA) is 82.0 Å². The molecule has 1 heterocycles. The second kappa shape index (κ2) is 5.27. The zero-order valence-electron chi connectivity index (χ0n) is 10.6. The average molecular weight is 275 g/mol. The number of nitro groups is 1. The van der Waals surface area contributed by atoms with Crippen LogP contribution < -0.4 is 5.73 Å².